The molecule has 1 unspecified atom stereocenters. The lowest BCUT2D eigenvalue weighted by Gasteiger charge is -2.33. The second-order valence-electron chi connectivity index (χ2n) is 7.08. The minimum absolute atomic E-state index is 0.0407. The summed E-state index contributed by atoms with van der Waals surface area (Å²) in [5, 5.41) is 6.83. The van der Waals surface area contributed by atoms with E-state index in [2.05, 4.69) is 10.4 Å². The average molecular weight is 424 g/mol. The number of benzene rings is 1. The van der Waals surface area contributed by atoms with Gasteiger partial charge in [0.2, 0.25) is 0 Å². The van der Waals surface area contributed by atoms with E-state index in [1.54, 1.807) is 42.8 Å². The summed E-state index contributed by atoms with van der Waals surface area (Å²) in [6.45, 7) is 3.68. The molecule has 1 aliphatic rings. The van der Waals surface area contributed by atoms with E-state index in [0.29, 0.717) is 35.6 Å². The first-order valence-corrected chi connectivity index (χ1v) is 9.65. The number of halogens is 3. The van der Waals surface area contributed by atoms with E-state index in [-0.39, 0.29) is 19.6 Å². The number of hydrogen-bond donors (Lipinski definition) is 1. The van der Waals surface area contributed by atoms with Crippen LogP contribution in [0.5, 0.6) is 0 Å². The Morgan fingerprint density at radius 3 is 2.60 bits per heavy atom. The number of nitrogens with zero attached hydrogens (tertiary/aromatic N) is 3. The summed E-state index contributed by atoms with van der Waals surface area (Å²) in [6.07, 6.45) is -2.52. The summed E-state index contributed by atoms with van der Waals surface area (Å²) in [6, 6.07) is 6.09. The highest BCUT2D eigenvalue weighted by Gasteiger charge is 2.42. The van der Waals surface area contributed by atoms with E-state index in [1.807, 2.05) is 0 Å². The number of esters is 1. The quantitative estimate of drug-likeness (QED) is 0.748. The fourth-order valence-electron chi connectivity index (χ4n) is 3.40. The second-order valence-corrected chi connectivity index (χ2v) is 7.08. The van der Waals surface area contributed by atoms with E-state index in [4.69, 9.17) is 4.74 Å². The van der Waals surface area contributed by atoms with Gasteiger partial charge in [-0.1, -0.05) is 0 Å². The third kappa shape index (κ3) is 4.74. The number of carbonyl (C=O) groups excluding carboxylic acids is 2. The Morgan fingerprint density at radius 2 is 1.97 bits per heavy atom. The number of alkyl halides is 3. The lowest BCUT2D eigenvalue weighted by atomic mass is 9.98. The first kappa shape index (κ1) is 21.7. The lowest BCUT2D eigenvalue weighted by molar-refractivity contribution is -0.183. The van der Waals surface area contributed by atoms with Gasteiger partial charge < -0.3 is 15.0 Å². The van der Waals surface area contributed by atoms with Crippen molar-refractivity contribution in [3.8, 4) is 5.69 Å². The first-order chi connectivity index (χ1) is 14.2. The third-order valence-corrected chi connectivity index (χ3v) is 5.04. The van der Waals surface area contributed by atoms with Crippen molar-refractivity contribution in [1.29, 1.82) is 0 Å². The molecule has 3 rings (SSSR count). The molecule has 1 N–H and O–H groups in total. The van der Waals surface area contributed by atoms with Crippen molar-refractivity contribution in [1.82, 2.24) is 14.7 Å². The van der Waals surface area contributed by atoms with E-state index in [0.717, 1.165) is 0 Å². The fourth-order valence-corrected chi connectivity index (χ4v) is 3.40. The van der Waals surface area contributed by atoms with Crippen molar-refractivity contribution in [2.24, 2.45) is 5.92 Å². The van der Waals surface area contributed by atoms with Crippen molar-refractivity contribution in [3.05, 3.63) is 41.7 Å². The molecule has 2 heterocycles. The van der Waals surface area contributed by atoms with Gasteiger partial charge in [-0.3, -0.25) is 0 Å². The number of hydrogen-bond acceptors (Lipinski definition) is 4. The van der Waals surface area contributed by atoms with E-state index in [1.165, 1.54) is 11.1 Å². The van der Waals surface area contributed by atoms with Crippen molar-refractivity contribution in [2.75, 3.05) is 25.0 Å². The van der Waals surface area contributed by atoms with Crippen LogP contribution in [0.1, 0.15) is 35.8 Å². The van der Waals surface area contributed by atoms with Gasteiger partial charge in [0.05, 0.1) is 30.1 Å². The minimum atomic E-state index is -4.30. The highest BCUT2D eigenvalue weighted by atomic mass is 19.4. The molecule has 162 valence electrons. The summed E-state index contributed by atoms with van der Waals surface area (Å²) >= 11 is 0. The van der Waals surface area contributed by atoms with Crippen LogP contribution in [0.25, 0.3) is 5.69 Å². The lowest BCUT2D eigenvalue weighted by Crippen LogP contribution is -2.46. The molecule has 0 radical (unpaired) electrons. The second kappa shape index (κ2) is 8.76. The van der Waals surface area contributed by atoms with Crippen LogP contribution in [-0.2, 0) is 4.74 Å². The Balaban J connectivity index is 1.66. The highest BCUT2D eigenvalue weighted by molar-refractivity contribution is 5.91. The molecular weight excluding hydrogens is 401 g/mol. The number of nitrogens with one attached hydrogen (secondary N) is 1. The van der Waals surface area contributed by atoms with Crippen LogP contribution in [0.15, 0.2) is 30.5 Å². The van der Waals surface area contributed by atoms with Crippen molar-refractivity contribution in [2.45, 2.75) is 32.9 Å². The van der Waals surface area contributed by atoms with Gasteiger partial charge in [-0.05, 0) is 51.0 Å². The van der Waals surface area contributed by atoms with Gasteiger partial charge >= 0.3 is 18.2 Å². The molecule has 1 atom stereocenters. The zero-order valence-corrected chi connectivity index (χ0v) is 16.7. The van der Waals surface area contributed by atoms with Gasteiger partial charge in [0, 0.05) is 18.8 Å². The van der Waals surface area contributed by atoms with Crippen molar-refractivity contribution in [3.63, 3.8) is 0 Å². The standard InChI is InChI=1S/C20H23F3N4O3/c1-3-30-18(28)17-11-24-27(13(17)2)16-8-6-15(7-9-16)25-19(29)26-10-4-5-14(12-26)20(21,22)23/h6-9,11,14H,3-5,10,12H2,1-2H3,(H,25,29). The van der Waals surface area contributed by atoms with Crippen molar-refractivity contribution >= 4 is 17.7 Å². The Hall–Kier alpha value is -3.04. The minimum Gasteiger partial charge on any atom is -0.462 e. The molecule has 1 aliphatic heterocycles. The van der Waals surface area contributed by atoms with Crippen LogP contribution in [0, 0.1) is 12.8 Å². The number of amides is 2. The maximum absolute atomic E-state index is 12.9. The fraction of sp³-hybridized carbons (Fsp3) is 0.450. The number of ether oxygens (including phenoxy) is 1. The molecule has 1 saturated heterocycles. The monoisotopic (exact) mass is 424 g/mol. The summed E-state index contributed by atoms with van der Waals surface area (Å²) in [4.78, 5) is 25.5. The molecule has 1 fully saturated rings. The van der Waals surface area contributed by atoms with Gasteiger partial charge in [0.25, 0.3) is 0 Å². The van der Waals surface area contributed by atoms with Crippen LogP contribution >= 0.6 is 0 Å². The highest BCUT2D eigenvalue weighted by Crippen LogP contribution is 2.33. The summed E-state index contributed by atoms with van der Waals surface area (Å²) < 4.78 is 45.4. The van der Waals surface area contributed by atoms with E-state index < -0.39 is 24.1 Å². The number of piperidine rings is 1. The van der Waals surface area contributed by atoms with Crippen LogP contribution in [0.4, 0.5) is 23.7 Å². The number of rotatable bonds is 4. The van der Waals surface area contributed by atoms with Gasteiger partial charge in [0.15, 0.2) is 0 Å². The number of anilines is 1. The van der Waals surface area contributed by atoms with Gasteiger partial charge in [-0.25, -0.2) is 14.3 Å². The molecular formula is C20H23F3N4O3. The number of aromatic nitrogens is 2. The largest absolute Gasteiger partial charge is 0.462 e. The van der Waals surface area contributed by atoms with Crippen LogP contribution in [-0.4, -0.2) is 52.6 Å². The Bertz CT molecular complexity index is 909. The smallest absolute Gasteiger partial charge is 0.393 e. The van der Waals surface area contributed by atoms with Gasteiger partial charge in [-0.15, -0.1) is 0 Å². The molecule has 7 nitrogen and oxygen atoms in total. The SMILES string of the molecule is CCOC(=O)c1cnn(-c2ccc(NC(=O)N3CCCC(C(F)(F)F)C3)cc2)c1C. The van der Waals surface area contributed by atoms with E-state index >= 15 is 0 Å². The maximum atomic E-state index is 12.9. The predicted octanol–water partition coefficient (Wildman–Crippen LogP) is 4.16. The molecule has 2 amide bonds. The van der Waals surface area contributed by atoms with Crippen LogP contribution < -0.4 is 5.32 Å². The predicted molar refractivity (Wildman–Crippen MR) is 104 cm³/mol. The van der Waals surface area contributed by atoms with Gasteiger partial charge in [0.1, 0.15) is 5.56 Å². The first-order valence-electron chi connectivity index (χ1n) is 9.65. The van der Waals surface area contributed by atoms with Crippen molar-refractivity contribution < 1.29 is 27.5 Å². The Morgan fingerprint density at radius 1 is 1.27 bits per heavy atom. The zero-order valence-electron chi connectivity index (χ0n) is 16.7. The molecule has 0 aliphatic carbocycles. The molecule has 10 heteroatoms. The number of urea groups is 1. The molecule has 2 aromatic rings. The molecule has 0 bridgehead atoms. The molecule has 1 aromatic carbocycles. The van der Waals surface area contributed by atoms with Crippen LogP contribution in [0.2, 0.25) is 0 Å². The molecule has 1 aromatic heterocycles. The van der Waals surface area contributed by atoms with Crippen LogP contribution in [0.3, 0.4) is 0 Å². The number of likely N-dealkylation sites (tertiary alicyclic amines) is 1. The summed E-state index contributed by atoms with van der Waals surface area (Å²) in [5.74, 6) is -1.94. The normalized spacial score (nSPS) is 17.0. The Labute approximate surface area is 171 Å². The third-order valence-electron chi connectivity index (χ3n) is 5.04. The molecule has 0 saturated carbocycles. The topological polar surface area (TPSA) is 76.5 Å². The average Bonchev–Trinajstić information content (AvgIpc) is 3.09. The summed E-state index contributed by atoms with van der Waals surface area (Å²) in [5.41, 5.74) is 2.08. The summed E-state index contributed by atoms with van der Waals surface area (Å²) in [7, 11) is 0. The Kier molecular flexibility index (Phi) is 6.33. The molecule has 30 heavy (non-hydrogen) atoms. The maximum Gasteiger partial charge on any atom is 0.393 e. The number of carbonyl (C=O) groups is 2. The zero-order chi connectivity index (χ0) is 21.9. The van der Waals surface area contributed by atoms with Gasteiger partial charge in [-0.2, -0.15) is 18.3 Å². The molecule has 0 spiro atoms. The van der Waals surface area contributed by atoms with E-state index in [9.17, 15) is 22.8 Å².